The van der Waals surface area contributed by atoms with Crippen molar-refractivity contribution in [3.8, 4) is 0 Å². The van der Waals surface area contributed by atoms with Gasteiger partial charge < -0.3 is 16.9 Å². The molecule has 0 atom stereocenters. The van der Waals surface area contributed by atoms with Crippen LogP contribution in [0.5, 0.6) is 0 Å². The van der Waals surface area contributed by atoms with Crippen molar-refractivity contribution in [3.05, 3.63) is 56.0 Å². The topological polar surface area (TPSA) is 31.6 Å². The van der Waals surface area contributed by atoms with Crippen molar-refractivity contribution < 1.29 is 19.5 Å². The standard InChI is InChI=1S/2C4H4N.C3H7.Ru/c2*1-2-4-5-3-1;1-3-2;/h2*1-3,5H;1,3H2,2H3;/q3*-1;+3. The SMILES string of the molecule is [CH2-]CC.[Ru+3].[c-]1ccc[nH]1.[c-]1ccc[nH]1. The predicted octanol–water partition coefficient (Wildman–Crippen LogP) is 2.86. The molecule has 2 nitrogen and oxygen atoms in total. The van der Waals surface area contributed by atoms with E-state index in [9.17, 15) is 0 Å². The average Bonchev–Trinajstić information content (AvgIpc) is 2.85. The number of hydrogen-bond donors (Lipinski definition) is 2. The van der Waals surface area contributed by atoms with Crippen molar-refractivity contribution in [1.29, 1.82) is 0 Å². The van der Waals surface area contributed by atoms with Crippen LogP contribution in [0, 0.1) is 19.3 Å². The minimum Gasteiger partial charge on any atom is -0.484 e. The van der Waals surface area contributed by atoms with Gasteiger partial charge in [-0.3, -0.25) is 0 Å². The maximum atomic E-state index is 3.49. The van der Waals surface area contributed by atoms with Crippen molar-refractivity contribution >= 4 is 0 Å². The molecular weight excluding hydrogens is 261 g/mol. The molecule has 2 aromatic rings. The Labute approximate surface area is 98.9 Å². The van der Waals surface area contributed by atoms with Gasteiger partial charge in [0.1, 0.15) is 0 Å². The van der Waals surface area contributed by atoms with Crippen molar-refractivity contribution in [2.75, 3.05) is 0 Å². The van der Waals surface area contributed by atoms with Crippen molar-refractivity contribution in [2.45, 2.75) is 13.3 Å². The molecule has 0 spiro atoms. The Bertz CT molecular complexity index is 165. The molecule has 0 aliphatic heterocycles. The first kappa shape index (κ1) is 15.6. The fraction of sp³-hybridized carbons (Fsp3) is 0.182. The van der Waals surface area contributed by atoms with Gasteiger partial charge in [-0.25, -0.2) is 0 Å². The summed E-state index contributed by atoms with van der Waals surface area (Å²) < 4.78 is 0. The summed E-state index contributed by atoms with van der Waals surface area (Å²) in [5, 5.41) is 0. The van der Waals surface area contributed by atoms with Crippen LogP contribution in [0.4, 0.5) is 0 Å². The van der Waals surface area contributed by atoms with E-state index in [1.165, 1.54) is 0 Å². The number of nitrogens with one attached hydrogen (secondary N) is 2. The summed E-state index contributed by atoms with van der Waals surface area (Å²) in [4.78, 5) is 5.47. The monoisotopic (exact) mass is 277 g/mol. The molecule has 2 aromatic heterocycles. The molecule has 0 bridgehead atoms. The number of aromatic nitrogens is 2. The van der Waals surface area contributed by atoms with E-state index in [-0.39, 0.29) is 19.5 Å². The fourth-order valence-corrected chi connectivity index (χ4v) is 0.481. The molecule has 2 rings (SSSR count). The Hall–Kier alpha value is -0.817. The number of H-pyrrole nitrogens is 2. The first-order chi connectivity index (χ1) is 6.41. The zero-order valence-electron chi connectivity index (χ0n) is 8.23. The van der Waals surface area contributed by atoms with Gasteiger partial charge >= 0.3 is 19.5 Å². The van der Waals surface area contributed by atoms with Gasteiger partial charge in [0.25, 0.3) is 0 Å². The van der Waals surface area contributed by atoms with E-state index >= 15 is 0 Å². The van der Waals surface area contributed by atoms with Gasteiger partial charge in [-0.05, 0) is 0 Å². The van der Waals surface area contributed by atoms with E-state index in [0.29, 0.717) is 0 Å². The molecular formula is C11H15N2Ru. The maximum absolute atomic E-state index is 3.49. The zero-order valence-corrected chi connectivity index (χ0v) is 9.97. The molecule has 0 fully saturated rings. The Kier molecular flexibility index (Phi) is 16.4. The summed E-state index contributed by atoms with van der Waals surface area (Å²) in [5.41, 5.74) is 0. The summed E-state index contributed by atoms with van der Waals surface area (Å²) in [6, 6.07) is 7.42. The van der Waals surface area contributed by atoms with Crippen molar-refractivity contribution in [1.82, 2.24) is 9.97 Å². The molecule has 0 saturated heterocycles. The van der Waals surface area contributed by atoms with E-state index in [1.54, 1.807) is 0 Å². The Morgan fingerprint density at radius 1 is 1.07 bits per heavy atom. The molecule has 1 radical (unpaired) electrons. The molecule has 14 heavy (non-hydrogen) atoms. The second-order valence-corrected chi connectivity index (χ2v) is 2.13. The Morgan fingerprint density at radius 3 is 1.50 bits per heavy atom. The number of hydrogen-bond acceptors (Lipinski definition) is 0. The first-order valence-electron chi connectivity index (χ1n) is 4.20. The van der Waals surface area contributed by atoms with Gasteiger partial charge in [-0.15, -0.1) is 12.4 Å². The Balaban J connectivity index is 0. The van der Waals surface area contributed by atoms with Crippen LogP contribution < -0.4 is 0 Å². The molecule has 0 unspecified atom stereocenters. The van der Waals surface area contributed by atoms with Gasteiger partial charge in [0.05, 0.1) is 0 Å². The van der Waals surface area contributed by atoms with Gasteiger partial charge in [0, 0.05) is 0 Å². The molecule has 77 valence electrons. The molecule has 3 heteroatoms. The summed E-state index contributed by atoms with van der Waals surface area (Å²) >= 11 is 0. The molecule has 0 amide bonds. The molecule has 0 aliphatic rings. The van der Waals surface area contributed by atoms with Gasteiger partial charge in [0.15, 0.2) is 0 Å². The summed E-state index contributed by atoms with van der Waals surface area (Å²) in [5.74, 6) is 0. The fourth-order valence-electron chi connectivity index (χ4n) is 0.481. The molecule has 2 heterocycles. The number of rotatable bonds is 0. The van der Waals surface area contributed by atoms with E-state index < -0.39 is 0 Å². The van der Waals surface area contributed by atoms with E-state index in [2.05, 4.69) is 29.3 Å². The van der Waals surface area contributed by atoms with Gasteiger partial charge in [-0.1, -0.05) is 6.92 Å². The van der Waals surface area contributed by atoms with Crippen LogP contribution in [0.1, 0.15) is 13.3 Å². The average molecular weight is 276 g/mol. The quantitative estimate of drug-likeness (QED) is 0.548. The van der Waals surface area contributed by atoms with Crippen LogP contribution in [-0.4, -0.2) is 9.97 Å². The minimum atomic E-state index is 0. The zero-order chi connectivity index (χ0) is 9.78. The second-order valence-electron chi connectivity index (χ2n) is 2.13. The smallest absolute Gasteiger partial charge is 0.484 e. The maximum Gasteiger partial charge on any atom is 3.00 e. The van der Waals surface area contributed by atoms with Crippen LogP contribution in [0.3, 0.4) is 0 Å². The third kappa shape index (κ3) is 13.8. The van der Waals surface area contributed by atoms with E-state index in [0.717, 1.165) is 6.42 Å². The molecule has 0 saturated carbocycles. The largest absolute Gasteiger partial charge is 3.00 e. The molecule has 0 aromatic carbocycles. The molecule has 0 aliphatic carbocycles. The van der Waals surface area contributed by atoms with Crippen molar-refractivity contribution in [3.63, 3.8) is 0 Å². The summed E-state index contributed by atoms with van der Waals surface area (Å²) in [6.45, 7) is 5.50. The first-order valence-corrected chi connectivity index (χ1v) is 4.20. The Morgan fingerprint density at radius 2 is 1.43 bits per heavy atom. The predicted molar refractivity (Wildman–Crippen MR) is 54.9 cm³/mol. The normalized spacial score (nSPS) is 7.00. The summed E-state index contributed by atoms with van der Waals surface area (Å²) in [6.07, 6.45) is 10.1. The number of aromatic amines is 2. The van der Waals surface area contributed by atoms with Crippen LogP contribution in [0.2, 0.25) is 0 Å². The van der Waals surface area contributed by atoms with Crippen LogP contribution in [0.25, 0.3) is 0 Å². The van der Waals surface area contributed by atoms with Crippen LogP contribution in [-0.2, 0) is 19.5 Å². The third-order valence-corrected chi connectivity index (χ3v) is 0.885. The van der Waals surface area contributed by atoms with Crippen LogP contribution in [0.15, 0.2) is 36.7 Å². The minimum absolute atomic E-state index is 0. The van der Waals surface area contributed by atoms with Crippen LogP contribution >= 0.6 is 0 Å². The van der Waals surface area contributed by atoms with E-state index in [4.69, 9.17) is 0 Å². The van der Waals surface area contributed by atoms with Gasteiger partial charge in [0.2, 0.25) is 0 Å². The second kappa shape index (κ2) is 14.7. The van der Waals surface area contributed by atoms with Crippen molar-refractivity contribution in [2.24, 2.45) is 0 Å². The van der Waals surface area contributed by atoms with Gasteiger partial charge in [-0.2, -0.15) is 43.1 Å². The molecule has 2 N–H and O–H groups in total. The summed E-state index contributed by atoms with van der Waals surface area (Å²) in [7, 11) is 0. The third-order valence-electron chi connectivity index (χ3n) is 0.885. The van der Waals surface area contributed by atoms with E-state index in [1.807, 2.05) is 43.6 Å².